The standard InChI is InChI=1S/C32H50O4S/c1-24-14-16-26(17-15-24)37(33,34)23-25(2)11-9-12-28-31(5)20-10-19-30(3,4)27(31)18-21-32(28,6)36-29-13-7-8-22-35-29/h11,14-17,27-29H,7-10,12-13,18-23H2,1-6H3/b25-11+/t27?,28-,29?,31+,32-/m1/s1. The van der Waals surface area contributed by atoms with E-state index in [1.165, 1.54) is 32.1 Å². The second-order valence-corrected chi connectivity index (χ2v) is 15.4. The summed E-state index contributed by atoms with van der Waals surface area (Å²) in [5, 5.41) is 0. The molecule has 0 radical (unpaired) electrons. The molecule has 0 amide bonds. The third-order valence-corrected chi connectivity index (χ3v) is 11.8. The van der Waals surface area contributed by atoms with Crippen molar-refractivity contribution in [1.82, 2.24) is 0 Å². The summed E-state index contributed by atoms with van der Waals surface area (Å²) in [6.45, 7) is 14.6. The average molecular weight is 531 g/mol. The predicted octanol–water partition coefficient (Wildman–Crippen LogP) is 8.04. The number of aryl methyl sites for hydroxylation is 1. The van der Waals surface area contributed by atoms with Crippen molar-refractivity contribution < 1.29 is 17.9 Å². The van der Waals surface area contributed by atoms with E-state index in [-0.39, 0.29) is 23.1 Å². The maximum atomic E-state index is 13.0. The summed E-state index contributed by atoms with van der Waals surface area (Å²) in [4.78, 5) is 0.409. The van der Waals surface area contributed by atoms with Gasteiger partial charge >= 0.3 is 0 Å². The van der Waals surface area contributed by atoms with E-state index in [1.807, 2.05) is 26.0 Å². The third kappa shape index (κ3) is 6.36. The summed E-state index contributed by atoms with van der Waals surface area (Å²) in [7, 11) is -3.33. The highest BCUT2D eigenvalue weighted by molar-refractivity contribution is 7.91. The Labute approximate surface area is 226 Å². The molecule has 5 atom stereocenters. The maximum Gasteiger partial charge on any atom is 0.182 e. The maximum absolute atomic E-state index is 13.0. The molecule has 37 heavy (non-hydrogen) atoms. The summed E-state index contributed by atoms with van der Waals surface area (Å²) in [5.41, 5.74) is 2.36. The van der Waals surface area contributed by atoms with Gasteiger partial charge in [-0.1, -0.05) is 56.5 Å². The van der Waals surface area contributed by atoms with Crippen molar-refractivity contribution >= 4 is 9.84 Å². The Bertz CT molecular complexity index is 1050. The fourth-order valence-corrected chi connectivity index (χ4v) is 9.61. The molecule has 1 aliphatic heterocycles. The van der Waals surface area contributed by atoms with Crippen molar-refractivity contribution in [2.24, 2.45) is 22.7 Å². The van der Waals surface area contributed by atoms with E-state index in [0.29, 0.717) is 22.1 Å². The summed E-state index contributed by atoms with van der Waals surface area (Å²) >= 11 is 0. The normalized spacial score (nSPS) is 34.6. The summed E-state index contributed by atoms with van der Waals surface area (Å²) < 4.78 is 38.9. The van der Waals surface area contributed by atoms with E-state index in [0.717, 1.165) is 49.8 Å². The van der Waals surface area contributed by atoms with Crippen LogP contribution in [0.1, 0.15) is 104 Å². The van der Waals surface area contributed by atoms with Crippen LogP contribution in [0.15, 0.2) is 40.8 Å². The van der Waals surface area contributed by atoms with Crippen LogP contribution in [-0.4, -0.2) is 32.7 Å². The quantitative estimate of drug-likeness (QED) is 0.252. The first-order valence-electron chi connectivity index (χ1n) is 14.6. The highest BCUT2D eigenvalue weighted by Crippen LogP contribution is 2.63. The number of ether oxygens (including phenoxy) is 2. The number of sulfone groups is 1. The zero-order chi connectivity index (χ0) is 26.9. The third-order valence-electron chi connectivity index (χ3n) is 10.0. The second kappa shape index (κ2) is 11.1. The molecule has 0 spiro atoms. The number of hydrogen-bond donors (Lipinski definition) is 0. The van der Waals surface area contributed by atoms with E-state index in [2.05, 4.69) is 33.8 Å². The Hall–Kier alpha value is -1.17. The Morgan fingerprint density at radius 1 is 1.03 bits per heavy atom. The molecule has 2 aliphatic carbocycles. The van der Waals surface area contributed by atoms with Crippen molar-refractivity contribution in [3.63, 3.8) is 0 Å². The van der Waals surface area contributed by atoms with Gasteiger partial charge in [-0.3, -0.25) is 0 Å². The van der Waals surface area contributed by atoms with Crippen LogP contribution >= 0.6 is 0 Å². The molecule has 2 saturated carbocycles. The van der Waals surface area contributed by atoms with E-state index in [9.17, 15) is 8.42 Å². The fraction of sp³-hybridized carbons (Fsp3) is 0.750. The minimum absolute atomic E-state index is 0.0807. The molecule has 4 rings (SSSR count). The van der Waals surface area contributed by atoms with Gasteiger partial charge in [0.25, 0.3) is 0 Å². The zero-order valence-corrected chi connectivity index (χ0v) is 25.0. The monoisotopic (exact) mass is 530 g/mol. The summed E-state index contributed by atoms with van der Waals surface area (Å²) in [6.07, 6.45) is 13.4. The van der Waals surface area contributed by atoms with Gasteiger partial charge in [0.2, 0.25) is 0 Å². The molecule has 3 fully saturated rings. The number of rotatable bonds is 8. The molecule has 1 aromatic carbocycles. The number of allylic oxidation sites excluding steroid dienone is 1. The van der Waals surface area contributed by atoms with E-state index in [4.69, 9.17) is 9.47 Å². The molecule has 4 nitrogen and oxygen atoms in total. The van der Waals surface area contributed by atoms with E-state index < -0.39 is 9.84 Å². The van der Waals surface area contributed by atoms with Crippen molar-refractivity contribution in [3.05, 3.63) is 41.5 Å². The van der Waals surface area contributed by atoms with E-state index >= 15 is 0 Å². The smallest absolute Gasteiger partial charge is 0.182 e. The Balaban J connectivity index is 1.52. The zero-order valence-electron chi connectivity index (χ0n) is 24.1. The van der Waals surface area contributed by atoms with Crippen LogP contribution in [0.25, 0.3) is 0 Å². The molecule has 208 valence electrons. The van der Waals surface area contributed by atoms with Gasteiger partial charge in [0, 0.05) is 6.61 Å². The van der Waals surface area contributed by atoms with Crippen LogP contribution in [0.5, 0.6) is 0 Å². The van der Waals surface area contributed by atoms with Gasteiger partial charge in [0.05, 0.1) is 16.2 Å². The van der Waals surface area contributed by atoms with Gasteiger partial charge in [-0.05, 0) is 113 Å². The van der Waals surface area contributed by atoms with Crippen molar-refractivity contribution in [1.29, 1.82) is 0 Å². The first-order valence-corrected chi connectivity index (χ1v) is 16.3. The van der Waals surface area contributed by atoms with Crippen molar-refractivity contribution in [2.75, 3.05) is 12.4 Å². The Morgan fingerprint density at radius 3 is 2.43 bits per heavy atom. The number of benzene rings is 1. The number of hydrogen-bond acceptors (Lipinski definition) is 4. The lowest BCUT2D eigenvalue weighted by Gasteiger charge is -2.62. The van der Waals surface area contributed by atoms with Gasteiger partial charge in [-0.2, -0.15) is 0 Å². The van der Waals surface area contributed by atoms with Crippen LogP contribution in [0, 0.1) is 29.6 Å². The average Bonchev–Trinajstić information content (AvgIpc) is 2.81. The largest absolute Gasteiger partial charge is 0.353 e. The first kappa shape index (κ1) is 28.8. The van der Waals surface area contributed by atoms with Gasteiger partial charge < -0.3 is 9.47 Å². The SMILES string of the molecule is C/C(=C\CC[C@H]1[C@](C)(OC2CCCCO2)CCC2C(C)(C)CCC[C@@]21C)CS(=O)(=O)c1ccc(C)cc1. The Kier molecular flexibility index (Phi) is 8.68. The number of fused-ring (bicyclic) bond motifs is 1. The van der Waals surface area contributed by atoms with Crippen LogP contribution in [-0.2, 0) is 19.3 Å². The molecule has 2 unspecified atom stereocenters. The molecule has 1 heterocycles. The minimum Gasteiger partial charge on any atom is -0.353 e. The van der Waals surface area contributed by atoms with Gasteiger partial charge in [-0.15, -0.1) is 0 Å². The van der Waals surface area contributed by atoms with Gasteiger partial charge in [0.15, 0.2) is 16.1 Å². The molecular weight excluding hydrogens is 480 g/mol. The van der Waals surface area contributed by atoms with Gasteiger partial charge in [0.1, 0.15) is 0 Å². The minimum atomic E-state index is -3.33. The lowest BCUT2D eigenvalue weighted by molar-refractivity contribution is -0.272. The Morgan fingerprint density at radius 2 is 1.76 bits per heavy atom. The first-order chi connectivity index (χ1) is 17.4. The van der Waals surface area contributed by atoms with Crippen LogP contribution in [0.2, 0.25) is 0 Å². The van der Waals surface area contributed by atoms with Crippen LogP contribution in [0.4, 0.5) is 0 Å². The molecular formula is C32H50O4S. The lowest BCUT2D eigenvalue weighted by atomic mass is 9.45. The van der Waals surface area contributed by atoms with Crippen molar-refractivity contribution in [2.45, 2.75) is 123 Å². The van der Waals surface area contributed by atoms with Crippen LogP contribution < -0.4 is 0 Å². The van der Waals surface area contributed by atoms with E-state index in [1.54, 1.807) is 12.1 Å². The lowest BCUT2D eigenvalue weighted by Crippen LogP contribution is -2.59. The topological polar surface area (TPSA) is 52.6 Å². The second-order valence-electron chi connectivity index (χ2n) is 13.4. The molecule has 0 N–H and O–H groups in total. The molecule has 1 saturated heterocycles. The summed E-state index contributed by atoms with van der Waals surface area (Å²) in [5.74, 6) is 1.19. The molecule has 5 heteroatoms. The molecule has 1 aromatic rings. The highest BCUT2D eigenvalue weighted by atomic mass is 32.2. The highest BCUT2D eigenvalue weighted by Gasteiger charge is 2.58. The fourth-order valence-electron chi connectivity index (χ4n) is 8.17. The molecule has 3 aliphatic rings. The molecule has 0 aromatic heterocycles. The van der Waals surface area contributed by atoms with Crippen LogP contribution in [0.3, 0.4) is 0 Å². The van der Waals surface area contributed by atoms with Crippen molar-refractivity contribution in [3.8, 4) is 0 Å². The summed E-state index contributed by atoms with van der Waals surface area (Å²) in [6, 6.07) is 7.19. The van der Waals surface area contributed by atoms with Gasteiger partial charge in [-0.25, -0.2) is 8.42 Å². The molecule has 0 bridgehead atoms. The predicted molar refractivity (Wildman–Crippen MR) is 151 cm³/mol.